The summed E-state index contributed by atoms with van der Waals surface area (Å²) in [6.45, 7) is 35.4. The zero-order valence-corrected chi connectivity index (χ0v) is 28.3. The summed E-state index contributed by atoms with van der Waals surface area (Å²) in [5, 5.41) is 0. The van der Waals surface area contributed by atoms with Crippen molar-refractivity contribution in [3.63, 3.8) is 0 Å². The van der Waals surface area contributed by atoms with Crippen LogP contribution in [0.15, 0.2) is 24.5 Å². The summed E-state index contributed by atoms with van der Waals surface area (Å²) >= 11 is 0. The van der Waals surface area contributed by atoms with Crippen molar-refractivity contribution in [2.45, 2.75) is 125 Å². The van der Waals surface area contributed by atoms with Crippen LogP contribution in [0.2, 0.25) is 58.9 Å². The molecule has 0 aromatic rings. The van der Waals surface area contributed by atoms with Gasteiger partial charge in [-0.15, -0.1) is 6.58 Å². The Balaban J connectivity index is 2.28. The molecule has 0 amide bonds. The number of hydrogen-bond acceptors (Lipinski definition) is 3. The van der Waals surface area contributed by atoms with E-state index in [4.69, 9.17) is 13.3 Å². The molecule has 0 saturated heterocycles. The summed E-state index contributed by atoms with van der Waals surface area (Å²) in [6, 6.07) is 0. The van der Waals surface area contributed by atoms with Crippen molar-refractivity contribution in [2.24, 2.45) is 34.0 Å². The van der Waals surface area contributed by atoms with Gasteiger partial charge in [-0.25, -0.2) is 0 Å². The van der Waals surface area contributed by atoms with E-state index in [1.807, 2.05) is 0 Å². The van der Waals surface area contributed by atoms with Gasteiger partial charge in [-0.1, -0.05) is 33.8 Å². The van der Waals surface area contributed by atoms with Crippen molar-refractivity contribution in [1.82, 2.24) is 0 Å². The Kier molecular flexibility index (Phi) is 7.77. The maximum Gasteiger partial charge on any atom is 0.241 e. The Hall–Kier alpha value is -0.149. The highest BCUT2D eigenvalue weighted by atomic mass is 28.4. The largest absolute Gasteiger partial charge is 0.547 e. The number of rotatable bonds is 7. The van der Waals surface area contributed by atoms with Crippen molar-refractivity contribution < 1.29 is 13.3 Å². The highest BCUT2D eigenvalue weighted by Crippen LogP contribution is 2.69. The lowest BCUT2D eigenvalue weighted by molar-refractivity contribution is -0.181. The lowest BCUT2D eigenvalue weighted by atomic mass is 9.43. The molecule has 0 unspecified atom stereocenters. The molecule has 0 spiro atoms. The molecule has 2 bridgehead atoms. The van der Waals surface area contributed by atoms with E-state index in [1.165, 1.54) is 18.6 Å². The second-order valence-corrected chi connectivity index (χ2v) is 28.9. The second kappa shape index (κ2) is 9.25. The first-order chi connectivity index (χ1) is 15.7. The molecule has 3 aliphatic rings. The maximum absolute atomic E-state index is 7.24. The Morgan fingerprint density at radius 1 is 0.914 bits per heavy atom. The van der Waals surface area contributed by atoms with Crippen LogP contribution in [0, 0.1) is 34.0 Å². The molecule has 3 aliphatic carbocycles. The van der Waals surface area contributed by atoms with Crippen molar-refractivity contribution in [3.05, 3.63) is 24.5 Å². The minimum absolute atomic E-state index is 0.0170. The van der Waals surface area contributed by atoms with Crippen molar-refractivity contribution in [3.8, 4) is 0 Å². The van der Waals surface area contributed by atoms with E-state index in [1.54, 1.807) is 0 Å². The molecule has 6 heteroatoms. The molecule has 0 N–H and O–H groups in total. The average Bonchev–Trinajstić information content (AvgIpc) is 3.04. The fraction of sp³-hybridized carbons (Fsp3) is 0.862. The van der Waals surface area contributed by atoms with Gasteiger partial charge in [0.2, 0.25) is 8.32 Å². The minimum atomic E-state index is -1.81. The van der Waals surface area contributed by atoms with E-state index in [0.717, 1.165) is 12.8 Å². The molecule has 3 rings (SSSR count). The zero-order chi connectivity index (χ0) is 26.8. The summed E-state index contributed by atoms with van der Waals surface area (Å²) in [7, 11) is -5.36. The van der Waals surface area contributed by atoms with E-state index < -0.39 is 25.0 Å². The first-order valence-corrected chi connectivity index (χ1v) is 24.3. The average molecular weight is 537 g/mol. The van der Waals surface area contributed by atoms with E-state index in [9.17, 15) is 0 Å². The summed E-state index contributed by atoms with van der Waals surface area (Å²) in [4.78, 5) is 0. The molecule has 0 heterocycles. The summed E-state index contributed by atoms with van der Waals surface area (Å²) in [6.07, 6.45) is 9.56. The highest BCUT2D eigenvalue weighted by Gasteiger charge is 2.67. The standard InChI is InChI=1S/C29H56O3Si3/c1-15-27(4)20-24(31-34(9,10)11)28(5)21(2)16-18-29(22(3)26(27)32-35(12,13)14)19-17-23(25(28)29)30-33(6,7)8/h15,17,21-22,24-26H,1,16,18-20H2,2-14H3/t21-,22+,24-,25+,26+,27-,28+,29+/m1/s1. The third-order valence-electron chi connectivity index (χ3n) is 9.47. The van der Waals surface area contributed by atoms with Crippen LogP contribution >= 0.6 is 0 Å². The van der Waals surface area contributed by atoms with Crippen LogP contribution in [-0.4, -0.2) is 37.2 Å². The molecule has 0 aliphatic heterocycles. The van der Waals surface area contributed by atoms with Crippen LogP contribution in [0.5, 0.6) is 0 Å². The molecule has 0 aromatic heterocycles. The smallest absolute Gasteiger partial charge is 0.241 e. The first-order valence-electron chi connectivity index (χ1n) is 14.1. The molecule has 2 saturated carbocycles. The minimum Gasteiger partial charge on any atom is -0.547 e. The van der Waals surface area contributed by atoms with Crippen LogP contribution < -0.4 is 0 Å². The van der Waals surface area contributed by atoms with Crippen molar-refractivity contribution in [1.29, 1.82) is 0 Å². The highest BCUT2D eigenvalue weighted by molar-refractivity contribution is 6.70. The Labute approximate surface area is 220 Å². The van der Waals surface area contributed by atoms with Crippen LogP contribution in [0.4, 0.5) is 0 Å². The van der Waals surface area contributed by atoms with Crippen molar-refractivity contribution in [2.75, 3.05) is 0 Å². The van der Waals surface area contributed by atoms with Gasteiger partial charge >= 0.3 is 0 Å². The number of hydrogen-bond donors (Lipinski definition) is 0. The fourth-order valence-corrected chi connectivity index (χ4v) is 11.1. The van der Waals surface area contributed by atoms with Gasteiger partial charge in [0.15, 0.2) is 16.6 Å². The van der Waals surface area contributed by atoms with Gasteiger partial charge in [0.05, 0.1) is 18.0 Å². The summed E-state index contributed by atoms with van der Waals surface area (Å²) < 4.78 is 21.4. The van der Waals surface area contributed by atoms with Crippen LogP contribution in [-0.2, 0) is 13.3 Å². The van der Waals surface area contributed by atoms with Crippen molar-refractivity contribution >= 4 is 25.0 Å². The van der Waals surface area contributed by atoms with Crippen LogP contribution in [0.1, 0.15) is 53.4 Å². The third kappa shape index (κ3) is 5.52. The molecule has 0 radical (unpaired) electrons. The van der Waals surface area contributed by atoms with Gasteiger partial charge in [0.25, 0.3) is 0 Å². The Morgan fingerprint density at radius 2 is 1.49 bits per heavy atom. The number of allylic oxidation sites excluding steroid dienone is 2. The fourth-order valence-electron chi connectivity index (χ4n) is 7.72. The van der Waals surface area contributed by atoms with Crippen LogP contribution in [0.3, 0.4) is 0 Å². The molecule has 202 valence electrons. The third-order valence-corrected chi connectivity index (χ3v) is 12.3. The predicted octanol–water partition coefficient (Wildman–Crippen LogP) is 8.84. The normalized spacial score (nSPS) is 42.5. The Morgan fingerprint density at radius 3 is 1.97 bits per heavy atom. The first kappa shape index (κ1) is 29.4. The topological polar surface area (TPSA) is 27.7 Å². The van der Waals surface area contributed by atoms with Gasteiger partial charge in [-0.2, -0.15) is 0 Å². The molecular weight excluding hydrogens is 481 g/mol. The maximum atomic E-state index is 7.24. The zero-order valence-electron chi connectivity index (χ0n) is 25.3. The molecule has 3 nitrogen and oxygen atoms in total. The lowest BCUT2D eigenvalue weighted by Gasteiger charge is -2.64. The summed E-state index contributed by atoms with van der Waals surface area (Å²) in [5.41, 5.74) is 0.0260. The van der Waals surface area contributed by atoms with E-state index in [0.29, 0.717) is 17.8 Å². The Bertz CT molecular complexity index is 836. The van der Waals surface area contributed by atoms with Gasteiger partial charge in [0, 0.05) is 16.7 Å². The van der Waals surface area contributed by atoms with Crippen LogP contribution in [0.25, 0.3) is 0 Å². The van der Waals surface area contributed by atoms with E-state index in [2.05, 4.69) is 105 Å². The van der Waals surface area contributed by atoms with Gasteiger partial charge in [0.1, 0.15) is 0 Å². The second-order valence-electron chi connectivity index (χ2n) is 15.6. The van der Waals surface area contributed by atoms with Gasteiger partial charge < -0.3 is 13.3 Å². The van der Waals surface area contributed by atoms with E-state index in [-0.39, 0.29) is 28.5 Å². The van der Waals surface area contributed by atoms with E-state index >= 15 is 0 Å². The summed E-state index contributed by atoms with van der Waals surface area (Å²) in [5.74, 6) is 2.65. The quantitative estimate of drug-likeness (QED) is 0.240. The predicted molar refractivity (Wildman–Crippen MR) is 158 cm³/mol. The SMILES string of the molecule is C=C[C@]1(C)C[C@@H](O[Si](C)(C)C)[C@]2(C)[C@H](C)CC[C@]3(CC=C(O[Si](C)(C)C)[C@H]32)[C@@H](C)[C@@H]1O[Si](C)(C)C. The lowest BCUT2D eigenvalue weighted by Crippen LogP contribution is -2.64. The molecule has 35 heavy (non-hydrogen) atoms. The monoisotopic (exact) mass is 536 g/mol. The molecule has 2 fully saturated rings. The molecule has 8 atom stereocenters. The molecule has 0 aromatic carbocycles. The molecular formula is C29H56O3Si3. The van der Waals surface area contributed by atoms with Gasteiger partial charge in [-0.3, -0.25) is 0 Å². The van der Waals surface area contributed by atoms with Gasteiger partial charge in [-0.05, 0) is 108 Å².